The van der Waals surface area contributed by atoms with Crippen LogP contribution in [0.2, 0.25) is 5.02 Å². The maximum absolute atomic E-state index is 10.6. The summed E-state index contributed by atoms with van der Waals surface area (Å²) in [6.07, 6.45) is 0. The summed E-state index contributed by atoms with van der Waals surface area (Å²) in [5.41, 5.74) is 1.13. The number of rotatable bonds is 4. The molecule has 1 rings (SSSR count). The van der Waals surface area contributed by atoms with Crippen LogP contribution < -0.4 is 5.32 Å². The van der Waals surface area contributed by atoms with E-state index >= 15 is 0 Å². The molecule has 0 fully saturated rings. The van der Waals surface area contributed by atoms with Crippen LogP contribution in [0.4, 0.5) is 0 Å². The minimum atomic E-state index is -0.995. The molecule has 4 heteroatoms. The Balaban J connectivity index is 2.83. The van der Waals surface area contributed by atoms with E-state index in [1.807, 2.05) is 6.92 Å². The summed E-state index contributed by atoms with van der Waals surface area (Å²) in [4.78, 5) is 10.6. The number of carbonyl (C=O) groups is 1. The highest BCUT2D eigenvalue weighted by atomic mass is 35.5. The molecule has 0 radical (unpaired) electrons. The molecule has 0 bridgehead atoms. The molecule has 0 saturated heterocycles. The fraction of sp³-hybridized carbons (Fsp3) is 0.300. The Labute approximate surface area is 87.7 Å². The lowest BCUT2D eigenvalue weighted by Gasteiger charge is -2.04. The van der Waals surface area contributed by atoms with Crippen molar-refractivity contribution >= 4 is 17.6 Å². The van der Waals surface area contributed by atoms with Crippen molar-refractivity contribution in [2.75, 3.05) is 6.54 Å². The van der Waals surface area contributed by atoms with E-state index in [-0.39, 0.29) is 10.6 Å². The standard InChI is InChI=1S/C10H12ClNO2/c1-2-12-6-7-3-4-8(10(13)14)9(11)5-7/h3-5,12H,2,6H2,1H3,(H,13,14). The molecule has 3 nitrogen and oxygen atoms in total. The van der Waals surface area contributed by atoms with Gasteiger partial charge < -0.3 is 10.4 Å². The van der Waals surface area contributed by atoms with Gasteiger partial charge in [0.15, 0.2) is 0 Å². The van der Waals surface area contributed by atoms with Crippen LogP contribution in [0.25, 0.3) is 0 Å². The molecule has 14 heavy (non-hydrogen) atoms. The SMILES string of the molecule is CCNCc1ccc(C(=O)O)c(Cl)c1. The Morgan fingerprint density at radius 2 is 2.29 bits per heavy atom. The van der Waals surface area contributed by atoms with Crippen LogP contribution in [0.15, 0.2) is 18.2 Å². The van der Waals surface area contributed by atoms with Crippen molar-refractivity contribution in [1.29, 1.82) is 0 Å². The van der Waals surface area contributed by atoms with E-state index < -0.39 is 5.97 Å². The van der Waals surface area contributed by atoms with Crippen LogP contribution in [0.5, 0.6) is 0 Å². The maximum atomic E-state index is 10.6. The van der Waals surface area contributed by atoms with Gasteiger partial charge in [0.1, 0.15) is 0 Å². The minimum absolute atomic E-state index is 0.145. The predicted molar refractivity (Wildman–Crippen MR) is 55.8 cm³/mol. The summed E-state index contributed by atoms with van der Waals surface area (Å²) in [5, 5.41) is 12.2. The number of halogens is 1. The zero-order chi connectivity index (χ0) is 10.6. The second-order valence-corrected chi connectivity index (χ2v) is 3.31. The minimum Gasteiger partial charge on any atom is -0.478 e. The molecule has 1 aromatic carbocycles. The predicted octanol–water partition coefficient (Wildman–Crippen LogP) is 2.15. The number of benzene rings is 1. The third-order valence-corrected chi connectivity index (χ3v) is 2.16. The molecular weight excluding hydrogens is 202 g/mol. The smallest absolute Gasteiger partial charge is 0.337 e. The molecule has 0 unspecified atom stereocenters. The Bertz CT molecular complexity index is 339. The fourth-order valence-electron chi connectivity index (χ4n) is 1.11. The number of nitrogens with one attached hydrogen (secondary N) is 1. The third-order valence-electron chi connectivity index (χ3n) is 1.84. The molecule has 0 aliphatic rings. The van der Waals surface area contributed by atoms with E-state index in [0.29, 0.717) is 6.54 Å². The molecule has 0 aromatic heterocycles. The first-order valence-electron chi connectivity index (χ1n) is 4.37. The van der Waals surface area contributed by atoms with Crippen molar-refractivity contribution in [3.05, 3.63) is 34.3 Å². The van der Waals surface area contributed by atoms with Crippen molar-refractivity contribution in [2.45, 2.75) is 13.5 Å². The normalized spacial score (nSPS) is 10.1. The lowest BCUT2D eigenvalue weighted by molar-refractivity contribution is 0.0697. The quantitative estimate of drug-likeness (QED) is 0.806. The average molecular weight is 214 g/mol. The van der Waals surface area contributed by atoms with Gasteiger partial charge in [0, 0.05) is 6.54 Å². The third kappa shape index (κ3) is 2.72. The van der Waals surface area contributed by atoms with Crippen LogP contribution in [-0.4, -0.2) is 17.6 Å². The van der Waals surface area contributed by atoms with E-state index in [4.69, 9.17) is 16.7 Å². The largest absolute Gasteiger partial charge is 0.478 e. The van der Waals surface area contributed by atoms with E-state index in [1.54, 1.807) is 12.1 Å². The van der Waals surface area contributed by atoms with Gasteiger partial charge in [-0.15, -0.1) is 0 Å². The number of carboxylic acids is 1. The van der Waals surface area contributed by atoms with Crippen LogP contribution in [0, 0.1) is 0 Å². The highest BCUT2D eigenvalue weighted by Crippen LogP contribution is 2.17. The molecule has 0 saturated carbocycles. The molecule has 2 N–H and O–H groups in total. The topological polar surface area (TPSA) is 49.3 Å². The number of aromatic carboxylic acids is 1. The Kier molecular flexibility index (Phi) is 3.92. The lowest BCUT2D eigenvalue weighted by atomic mass is 10.1. The Hall–Kier alpha value is -1.06. The van der Waals surface area contributed by atoms with Crippen molar-refractivity contribution in [2.24, 2.45) is 0 Å². The van der Waals surface area contributed by atoms with E-state index in [1.165, 1.54) is 6.07 Å². The van der Waals surface area contributed by atoms with Gasteiger partial charge in [0.05, 0.1) is 10.6 Å². The van der Waals surface area contributed by atoms with Crippen molar-refractivity contribution in [3.63, 3.8) is 0 Å². The highest BCUT2D eigenvalue weighted by molar-refractivity contribution is 6.33. The van der Waals surface area contributed by atoms with E-state index in [9.17, 15) is 4.79 Å². The van der Waals surface area contributed by atoms with E-state index in [2.05, 4.69) is 5.32 Å². The molecule has 0 aliphatic heterocycles. The summed E-state index contributed by atoms with van der Waals surface area (Å²) in [5.74, 6) is -0.995. The highest BCUT2D eigenvalue weighted by Gasteiger charge is 2.08. The van der Waals surface area contributed by atoms with Gasteiger partial charge in [-0.1, -0.05) is 24.6 Å². The summed E-state index contributed by atoms with van der Waals surface area (Å²) in [7, 11) is 0. The first-order valence-corrected chi connectivity index (χ1v) is 4.75. The van der Waals surface area contributed by atoms with E-state index in [0.717, 1.165) is 12.1 Å². The maximum Gasteiger partial charge on any atom is 0.337 e. The number of carboxylic acid groups (broad SMARTS) is 1. The lowest BCUT2D eigenvalue weighted by Crippen LogP contribution is -2.11. The molecule has 0 amide bonds. The van der Waals surface area contributed by atoms with Gasteiger partial charge in [0.25, 0.3) is 0 Å². The molecule has 0 spiro atoms. The molecule has 0 aliphatic carbocycles. The molecule has 76 valence electrons. The second kappa shape index (κ2) is 4.98. The Morgan fingerprint density at radius 3 is 2.79 bits per heavy atom. The molecule has 0 heterocycles. The fourth-order valence-corrected chi connectivity index (χ4v) is 1.40. The second-order valence-electron chi connectivity index (χ2n) is 2.90. The van der Waals surface area contributed by atoms with Gasteiger partial charge in [-0.3, -0.25) is 0 Å². The summed E-state index contributed by atoms with van der Waals surface area (Å²) in [6.45, 7) is 3.58. The van der Waals surface area contributed by atoms with Gasteiger partial charge in [-0.2, -0.15) is 0 Å². The van der Waals surface area contributed by atoms with Crippen LogP contribution in [0.3, 0.4) is 0 Å². The van der Waals surface area contributed by atoms with Crippen molar-refractivity contribution in [3.8, 4) is 0 Å². The van der Waals surface area contributed by atoms with Gasteiger partial charge >= 0.3 is 5.97 Å². The first-order chi connectivity index (χ1) is 6.65. The first kappa shape index (κ1) is 11.0. The van der Waals surface area contributed by atoms with Crippen LogP contribution in [0.1, 0.15) is 22.8 Å². The van der Waals surface area contributed by atoms with Crippen molar-refractivity contribution < 1.29 is 9.90 Å². The number of hydrogen-bond donors (Lipinski definition) is 2. The average Bonchev–Trinajstić information content (AvgIpc) is 2.14. The summed E-state index contributed by atoms with van der Waals surface area (Å²) < 4.78 is 0. The molecule has 0 atom stereocenters. The van der Waals surface area contributed by atoms with Gasteiger partial charge in [0.2, 0.25) is 0 Å². The van der Waals surface area contributed by atoms with Crippen molar-refractivity contribution in [1.82, 2.24) is 5.32 Å². The zero-order valence-electron chi connectivity index (χ0n) is 7.88. The zero-order valence-corrected chi connectivity index (χ0v) is 8.64. The van der Waals surface area contributed by atoms with Crippen LogP contribution >= 0.6 is 11.6 Å². The summed E-state index contributed by atoms with van der Waals surface area (Å²) >= 11 is 5.79. The molecular formula is C10H12ClNO2. The Morgan fingerprint density at radius 1 is 1.57 bits per heavy atom. The number of hydrogen-bond acceptors (Lipinski definition) is 2. The van der Waals surface area contributed by atoms with Crippen LogP contribution in [-0.2, 0) is 6.54 Å². The monoisotopic (exact) mass is 213 g/mol. The summed E-state index contributed by atoms with van der Waals surface area (Å²) in [6, 6.07) is 4.96. The molecule has 1 aromatic rings. The van der Waals surface area contributed by atoms with Gasteiger partial charge in [-0.25, -0.2) is 4.79 Å². The van der Waals surface area contributed by atoms with Gasteiger partial charge in [-0.05, 0) is 24.2 Å².